The van der Waals surface area contributed by atoms with Crippen LogP contribution in [0, 0.1) is 11.3 Å². The van der Waals surface area contributed by atoms with E-state index in [0.29, 0.717) is 24.3 Å². The molecule has 5 aliphatic carbocycles. The van der Waals surface area contributed by atoms with Gasteiger partial charge in [-0.15, -0.1) is 0 Å². The van der Waals surface area contributed by atoms with Crippen LogP contribution in [0.3, 0.4) is 0 Å². The topological polar surface area (TPSA) is 66.8 Å². The van der Waals surface area contributed by atoms with Crippen LogP contribution in [0.5, 0.6) is 5.75 Å². The maximum Gasteiger partial charge on any atom is 0.331 e. The van der Waals surface area contributed by atoms with E-state index in [2.05, 4.69) is 35.2 Å². The number of aliphatic carboxylic acids is 1. The quantitative estimate of drug-likeness (QED) is 0.410. The molecule has 4 saturated carbocycles. The third-order valence-corrected chi connectivity index (χ3v) is 10.5. The van der Waals surface area contributed by atoms with Gasteiger partial charge in [0.2, 0.25) is 5.91 Å². The number of carbonyl (C=O) groups excluding carboxylic acids is 1. The molecule has 0 heterocycles. The first-order valence-electron chi connectivity index (χ1n) is 14.9. The standard InChI is InChI=1S/C34H41NO4/c1-39-28-13-11-27(12-14-28)34-19-16-33(17-20-34,18-21-34)23-35(31(36)24-6-3-2-4-7-24)30-9-5-8-25-22-26(32(37)38)10-15-29(25)30/h5,8-9,11-14,22,24H,2-4,6-7,10,15-21,23H2,1H3,(H,37,38). The van der Waals surface area contributed by atoms with E-state index in [4.69, 9.17) is 4.74 Å². The van der Waals surface area contributed by atoms with E-state index in [1.54, 1.807) is 7.11 Å². The Balaban J connectivity index is 1.29. The number of ether oxygens (including phenoxy) is 1. The largest absolute Gasteiger partial charge is 0.497 e. The van der Waals surface area contributed by atoms with Gasteiger partial charge in [-0.2, -0.15) is 0 Å². The average molecular weight is 528 g/mol. The Morgan fingerprint density at radius 1 is 0.923 bits per heavy atom. The van der Waals surface area contributed by atoms with Gasteiger partial charge in [0.15, 0.2) is 0 Å². The molecule has 5 nitrogen and oxygen atoms in total. The molecule has 0 spiro atoms. The fraction of sp³-hybridized carbons (Fsp3) is 0.529. The molecule has 2 bridgehead atoms. The molecular formula is C34H41NO4. The lowest BCUT2D eigenvalue weighted by molar-refractivity contribution is -0.132. The van der Waals surface area contributed by atoms with E-state index in [0.717, 1.165) is 74.1 Å². The number of fused-ring (bicyclic) bond motifs is 4. The molecular weight excluding hydrogens is 486 g/mol. The minimum atomic E-state index is -0.843. The molecule has 0 aromatic heterocycles. The van der Waals surface area contributed by atoms with Crippen LogP contribution in [0.2, 0.25) is 0 Å². The molecule has 1 amide bonds. The summed E-state index contributed by atoms with van der Waals surface area (Å²) in [4.78, 5) is 28.1. The zero-order chi connectivity index (χ0) is 27.0. The summed E-state index contributed by atoms with van der Waals surface area (Å²) < 4.78 is 5.39. The zero-order valence-electron chi connectivity index (χ0n) is 23.2. The molecule has 1 N–H and O–H groups in total. The number of hydrogen-bond acceptors (Lipinski definition) is 3. The summed E-state index contributed by atoms with van der Waals surface area (Å²) in [6.07, 6.45) is 15.4. The third-order valence-electron chi connectivity index (χ3n) is 10.5. The minimum Gasteiger partial charge on any atom is -0.497 e. The van der Waals surface area contributed by atoms with Crippen LogP contribution >= 0.6 is 0 Å². The normalized spacial score (nSPS) is 26.4. The maximum absolute atomic E-state index is 14.3. The maximum atomic E-state index is 14.3. The highest BCUT2D eigenvalue weighted by Gasteiger charge is 2.50. The minimum absolute atomic E-state index is 0.102. The summed E-state index contributed by atoms with van der Waals surface area (Å²) >= 11 is 0. The number of carboxylic acid groups (broad SMARTS) is 1. The van der Waals surface area contributed by atoms with Gasteiger partial charge >= 0.3 is 5.97 Å². The average Bonchev–Trinajstić information content (AvgIpc) is 3.00. The fourth-order valence-electron chi connectivity index (χ4n) is 8.01. The Morgan fingerprint density at radius 2 is 1.62 bits per heavy atom. The van der Waals surface area contributed by atoms with E-state index in [9.17, 15) is 14.7 Å². The lowest BCUT2D eigenvalue weighted by Gasteiger charge is -2.55. The fourth-order valence-corrected chi connectivity index (χ4v) is 8.01. The van der Waals surface area contributed by atoms with Crippen LogP contribution in [0.25, 0.3) is 6.08 Å². The summed E-state index contributed by atoms with van der Waals surface area (Å²) in [5.41, 5.74) is 5.41. The monoisotopic (exact) mass is 527 g/mol. The van der Waals surface area contributed by atoms with E-state index < -0.39 is 5.97 Å². The van der Waals surface area contributed by atoms with Crippen molar-refractivity contribution in [1.29, 1.82) is 0 Å². The molecule has 2 aromatic carbocycles. The summed E-state index contributed by atoms with van der Waals surface area (Å²) in [7, 11) is 1.72. The number of carboxylic acids is 1. The molecule has 0 radical (unpaired) electrons. The predicted octanol–water partition coefficient (Wildman–Crippen LogP) is 7.31. The van der Waals surface area contributed by atoms with Crippen LogP contribution in [0.4, 0.5) is 5.69 Å². The molecule has 0 saturated heterocycles. The van der Waals surface area contributed by atoms with Gasteiger partial charge in [-0.25, -0.2) is 4.79 Å². The number of anilines is 1. The number of benzene rings is 2. The van der Waals surface area contributed by atoms with Crippen molar-refractivity contribution in [2.75, 3.05) is 18.6 Å². The second-order valence-electron chi connectivity index (χ2n) is 12.6. The predicted molar refractivity (Wildman–Crippen MR) is 154 cm³/mol. The van der Waals surface area contributed by atoms with Crippen molar-refractivity contribution < 1.29 is 19.4 Å². The summed E-state index contributed by atoms with van der Waals surface area (Å²) in [6.45, 7) is 0.785. The van der Waals surface area contributed by atoms with E-state index in [1.165, 1.54) is 31.2 Å². The summed E-state index contributed by atoms with van der Waals surface area (Å²) in [6, 6.07) is 14.8. The smallest absolute Gasteiger partial charge is 0.331 e. The Labute approximate surface area is 232 Å². The van der Waals surface area contributed by atoms with Gasteiger partial charge in [0, 0.05) is 23.7 Å². The Kier molecular flexibility index (Phi) is 7.03. The van der Waals surface area contributed by atoms with Gasteiger partial charge in [-0.1, -0.05) is 43.5 Å². The van der Waals surface area contributed by atoms with Crippen molar-refractivity contribution >= 4 is 23.6 Å². The van der Waals surface area contributed by atoms with Crippen LogP contribution in [0.1, 0.15) is 93.7 Å². The van der Waals surface area contributed by atoms with E-state index in [1.807, 2.05) is 18.2 Å². The number of amides is 1. The number of rotatable bonds is 7. The van der Waals surface area contributed by atoms with Gasteiger partial charge in [-0.3, -0.25) is 4.79 Å². The number of carbonyl (C=O) groups is 2. The highest BCUT2D eigenvalue weighted by molar-refractivity contribution is 5.98. The number of nitrogens with zero attached hydrogens (tertiary/aromatic N) is 1. The lowest BCUT2D eigenvalue weighted by atomic mass is 9.51. The third kappa shape index (κ3) is 4.90. The summed E-state index contributed by atoms with van der Waals surface area (Å²) in [5, 5.41) is 9.58. The molecule has 39 heavy (non-hydrogen) atoms. The first kappa shape index (κ1) is 26.2. The first-order chi connectivity index (χ1) is 18.9. The van der Waals surface area contributed by atoms with Gasteiger partial charge in [0.05, 0.1) is 7.11 Å². The molecule has 0 aliphatic heterocycles. The Bertz CT molecular complexity index is 1250. The van der Waals surface area contributed by atoms with Gasteiger partial charge in [0.1, 0.15) is 5.75 Å². The van der Waals surface area contributed by atoms with Crippen LogP contribution in [-0.4, -0.2) is 30.6 Å². The molecule has 0 unspecified atom stereocenters. The highest BCUT2D eigenvalue weighted by Crippen LogP contribution is 2.58. The molecule has 5 heteroatoms. The summed E-state index contributed by atoms with van der Waals surface area (Å²) in [5.74, 6) is 0.461. The number of hydrogen-bond donors (Lipinski definition) is 1. The SMILES string of the molecule is COc1ccc(C23CCC(CN(C(=O)C4CCCCC4)c4cccc5c4CCC(C(=O)O)=C5)(CC2)CC3)cc1. The van der Waals surface area contributed by atoms with Crippen molar-refractivity contribution in [3.63, 3.8) is 0 Å². The first-order valence-corrected chi connectivity index (χ1v) is 14.9. The Morgan fingerprint density at radius 3 is 2.26 bits per heavy atom. The van der Waals surface area contributed by atoms with E-state index in [-0.39, 0.29) is 16.7 Å². The van der Waals surface area contributed by atoms with E-state index >= 15 is 0 Å². The molecule has 4 fully saturated rings. The lowest BCUT2D eigenvalue weighted by Crippen LogP contribution is -2.51. The van der Waals surface area contributed by atoms with Crippen molar-refractivity contribution in [3.8, 4) is 5.75 Å². The molecule has 7 rings (SSSR count). The highest BCUT2D eigenvalue weighted by atomic mass is 16.5. The van der Waals surface area contributed by atoms with Crippen molar-refractivity contribution in [2.24, 2.45) is 11.3 Å². The van der Waals surface area contributed by atoms with Crippen LogP contribution in [-0.2, 0) is 21.4 Å². The van der Waals surface area contributed by atoms with Gasteiger partial charge < -0.3 is 14.7 Å². The molecule has 0 atom stereocenters. The van der Waals surface area contributed by atoms with Crippen molar-refractivity contribution in [2.45, 2.75) is 88.9 Å². The van der Waals surface area contributed by atoms with Crippen molar-refractivity contribution in [1.82, 2.24) is 0 Å². The number of methoxy groups -OCH3 is 1. The second kappa shape index (κ2) is 10.5. The Hall–Kier alpha value is -3.08. The van der Waals surface area contributed by atoms with Crippen molar-refractivity contribution in [3.05, 3.63) is 64.7 Å². The molecule has 5 aliphatic rings. The second-order valence-corrected chi connectivity index (χ2v) is 12.6. The molecule has 2 aromatic rings. The van der Waals surface area contributed by atoms with Gasteiger partial charge in [0.25, 0.3) is 0 Å². The zero-order valence-corrected chi connectivity index (χ0v) is 23.2. The molecule has 206 valence electrons. The van der Waals surface area contributed by atoms with Crippen LogP contribution in [0.15, 0.2) is 48.0 Å². The van der Waals surface area contributed by atoms with Crippen LogP contribution < -0.4 is 9.64 Å². The van der Waals surface area contributed by atoms with Gasteiger partial charge in [-0.05, 0) is 116 Å².